The SMILES string of the molecule is COC(=O)c1ccc(C2CCC(F)(F)CC2)cc1F. The van der Waals surface area contributed by atoms with Gasteiger partial charge in [-0.05, 0) is 36.5 Å². The fraction of sp³-hybridized carbons (Fsp3) is 0.500. The molecule has 1 aromatic carbocycles. The second kappa shape index (κ2) is 5.23. The average Bonchev–Trinajstić information content (AvgIpc) is 2.37. The summed E-state index contributed by atoms with van der Waals surface area (Å²) in [5.41, 5.74) is 0.535. The molecule has 5 heteroatoms. The molecule has 1 saturated carbocycles. The van der Waals surface area contributed by atoms with Gasteiger partial charge < -0.3 is 4.74 Å². The van der Waals surface area contributed by atoms with E-state index in [0.29, 0.717) is 18.4 Å². The molecule has 0 spiro atoms. The van der Waals surface area contributed by atoms with Crippen LogP contribution in [0, 0.1) is 5.82 Å². The van der Waals surface area contributed by atoms with Crippen LogP contribution in [0.4, 0.5) is 13.2 Å². The van der Waals surface area contributed by atoms with Gasteiger partial charge in [-0.1, -0.05) is 6.07 Å². The Kier molecular flexibility index (Phi) is 3.83. The first-order valence-corrected chi connectivity index (χ1v) is 6.18. The summed E-state index contributed by atoms with van der Waals surface area (Å²) in [6.07, 6.45) is 0.337. The summed E-state index contributed by atoms with van der Waals surface area (Å²) < 4.78 is 44.3. The molecule has 0 atom stereocenters. The van der Waals surface area contributed by atoms with Crippen LogP contribution in [0.2, 0.25) is 0 Å². The highest BCUT2D eigenvalue weighted by Crippen LogP contribution is 2.41. The Bertz CT molecular complexity index is 476. The fourth-order valence-electron chi connectivity index (χ4n) is 2.43. The summed E-state index contributed by atoms with van der Waals surface area (Å²) in [5.74, 6) is -4.07. The zero-order chi connectivity index (χ0) is 14.0. The first kappa shape index (κ1) is 13.9. The number of alkyl halides is 2. The van der Waals surface area contributed by atoms with Gasteiger partial charge in [0.15, 0.2) is 0 Å². The lowest BCUT2D eigenvalue weighted by Gasteiger charge is -2.28. The number of carbonyl (C=O) groups is 1. The number of methoxy groups -OCH3 is 1. The maximum Gasteiger partial charge on any atom is 0.340 e. The molecule has 1 aliphatic rings. The van der Waals surface area contributed by atoms with Gasteiger partial charge in [-0.3, -0.25) is 0 Å². The van der Waals surface area contributed by atoms with E-state index in [9.17, 15) is 18.0 Å². The summed E-state index contributed by atoms with van der Waals surface area (Å²) in [7, 11) is 1.18. The van der Waals surface area contributed by atoms with Crippen molar-refractivity contribution >= 4 is 5.97 Å². The summed E-state index contributed by atoms with van der Waals surface area (Å²) in [5, 5.41) is 0. The van der Waals surface area contributed by atoms with Crippen molar-refractivity contribution in [3.8, 4) is 0 Å². The molecule has 2 rings (SSSR count). The van der Waals surface area contributed by atoms with Gasteiger partial charge in [0.2, 0.25) is 5.92 Å². The summed E-state index contributed by atoms with van der Waals surface area (Å²) >= 11 is 0. The van der Waals surface area contributed by atoms with Gasteiger partial charge in [-0.25, -0.2) is 18.0 Å². The minimum atomic E-state index is -2.60. The van der Waals surface area contributed by atoms with Crippen LogP contribution in [0.5, 0.6) is 0 Å². The predicted octanol–water partition coefficient (Wildman–Crippen LogP) is 3.91. The monoisotopic (exact) mass is 272 g/mol. The van der Waals surface area contributed by atoms with Crippen molar-refractivity contribution in [2.45, 2.75) is 37.5 Å². The summed E-state index contributed by atoms with van der Waals surface area (Å²) in [6.45, 7) is 0. The molecule has 0 N–H and O–H groups in total. The minimum Gasteiger partial charge on any atom is -0.465 e. The minimum absolute atomic E-state index is 0.0687. The third-order valence-electron chi connectivity index (χ3n) is 3.59. The normalized spacial score (nSPS) is 19.2. The van der Waals surface area contributed by atoms with Gasteiger partial charge in [0.1, 0.15) is 5.82 Å². The van der Waals surface area contributed by atoms with Crippen molar-refractivity contribution in [1.82, 2.24) is 0 Å². The molecule has 1 aromatic rings. The highest BCUT2D eigenvalue weighted by molar-refractivity contribution is 5.89. The number of ether oxygens (including phenoxy) is 1. The molecule has 0 radical (unpaired) electrons. The van der Waals surface area contributed by atoms with Crippen LogP contribution in [-0.2, 0) is 4.74 Å². The molecule has 1 fully saturated rings. The smallest absolute Gasteiger partial charge is 0.340 e. The molecule has 0 amide bonds. The number of halogens is 3. The Morgan fingerprint density at radius 2 is 1.95 bits per heavy atom. The maximum atomic E-state index is 13.7. The Morgan fingerprint density at radius 1 is 1.32 bits per heavy atom. The third kappa shape index (κ3) is 3.08. The standard InChI is InChI=1S/C14H15F3O2/c1-19-13(18)11-3-2-10(8-12(11)15)9-4-6-14(16,17)7-5-9/h2-3,8-9H,4-7H2,1H3. The second-order valence-corrected chi connectivity index (χ2v) is 4.86. The molecular formula is C14H15F3O2. The van der Waals surface area contributed by atoms with E-state index in [-0.39, 0.29) is 24.3 Å². The van der Waals surface area contributed by atoms with Crippen molar-refractivity contribution in [3.63, 3.8) is 0 Å². The summed E-state index contributed by atoms with van der Waals surface area (Å²) in [4.78, 5) is 11.2. The van der Waals surface area contributed by atoms with Gasteiger partial charge in [0.25, 0.3) is 0 Å². The lowest BCUT2D eigenvalue weighted by atomic mass is 9.82. The van der Waals surface area contributed by atoms with E-state index in [0.717, 1.165) is 0 Å². The Hall–Kier alpha value is -1.52. The van der Waals surface area contributed by atoms with Crippen molar-refractivity contribution in [1.29, 1.82) is 0 Å². The molecule has 0 aliphatic heterocycles. The zero-order valence-corrected chi connectivity index (χ0v) is 10.6. The maximum absolute atomic E-state index is 13.7. The van der Waals surface area contributed by atoms with Crippen LogP contribution in [0.25, 0.3) is 0 Å². The molecule has 104 valence electrons. The number of rotatable bonds is 2. The van der Waals surface area contributed by atoms with Crippen LogP contribution in [0.3, 0.4) is 0 Å². The van der Waals surface area contributed by atoms with Gasteiger partial charge >= 0.3 is 5.97 Å². The average molecular weight is 272 g/mol. The van der Waals surface area contributed by atoms with Crippen molar-refractivity contribution in [3.05, 3.63) is 35.1 Å². The van der Waals surface area contributed by atoms with Crippen LogP contribution in [0.15, 0.2) is 18.2 Å². The first-order valence-electron chi connectivity index (χ1n) is 6.18. The highest BCUT2D eigenvalue weighted by atomic mass is 19.3. The van der Waals surface area contributed by atoms with Crippen LogP contribution in [-0.4, -0.2) is 19.0 Å². The molecule has 2 nitrogen and oxygen atoms in total. The number of hydrogen-bond acceptors (Lipinski definition) is 2. The van der Waals surface area contributed by atoms with E-state index in [1.807, 2.05) is 0 Å². The van der Waals surface area contributed by atoms with Crippen molar-refractivity contribution in [2.75, 3.05) is 7.11 Å². The number of benzene rings is 1. The second-order valence-electron chi connectivity index (χ2n) is 4.86. The van der Waals surface area contributed by atoms with E-state index >= 15 is 0 Å². The van der Waals surface area contributed by atoms with Crippen molar-refractivity contribution in [2.24, 2.45) is 0 Å². The number of carbonyl (C=O) groups excluding carboxylic acids is 1. The summed E-state index contributed by atoms with van der Waals surface area (Å²) in [6, 6.07) is 4.22. The van der Waals surface area contributed by atoms with E-state index in [4.69, 9.17) is 0 Å². The lowest BCUT2D eigenvalue weighted by molar-refractivity contribution is -0.0382. The third-order valence-corrected chi connectivity index (χ3v) is 3.59. The van der Waals surface area contributed by atoms with Gasteiger partial charge in [-0.2, -0.15) is 0 Å². The molecule has 1 aliphatic carbocycles. The van der Waals surface area contributed by atoms with E-state index in [1.54, 1.807) is 6.07 Å². The predicted molar refractivity (Wildman–Crippen MR) is 63.9 cm³/mol. The van der Waals surface area contributed by atoms with Gasteiger partial charge in [0, 0.05) is 12.8 Å². The zero-order valence-electron chi connectivity index (χ0n) is 10.6. The molecule has 0 bridgehead atoms. The van der Waals surface area contributed by atoms with Crippen LogP contribution < -0.4 is 0 Å². The highest BCUT2D eigenvalue weighted by Gasteiger charge is 2.35. The van der Waals surface area contributed by atoms with E-state index in [2.05, 4.69) is 4.74 Å². The molecule has 0 aromatic heterocycles. The lowest BCUT2D eigenvalue weighted by Crippen LogP contribution is -2.23. The van der Waals surface area contributed by atoms with Gasteiger partial charge in [-0.15, -0.1) is 0 Å². The quantitative estimate of drug-likeness (QED) is 0.763. The molecule has 0 heterocycles. The van der Waals surface area contributed by atoms with E-state index in [1.165, 1.54) is 19.2 Å². The van der Waals surface area contributed by atoms with E-state index < -0.39 is 17.7 Å². The Morgan fingerprint density at radius 3 is 2.47 bits per heavy atom. The molecule has 19 heavy (non-hydrogen) atoms. The molecule has 0 saturated heterocycles. The first-order chi connectivity index (χ1) is 8.93. The Labute approximate surface area is 109 Å². The number of esters is 1. The van der Waals surface area contributed by atoms with Crippen LogP contribution in [0.1, 0.15) is 47.5 Å². The van der Waals surface area contributed by atoms with Crippen molar-refractivity contribution < 1.29 is 22.7 Å². The van der Waals surface area contributed by atoms with Crippen LogP contribution >= 0.6 is 0 Å². The molecule has 0 unspecified atom stereocenters. The molecular weight excluding hydrogens is 257 g/mol. The topological polar surface area (TPSA) is 26.3 Å². The van der Waals surface area contributed by atoms with Gasteiger partial charge in [0.05, 0.1) is 12.7 Å². The largest absolute Gasteiger partial charge is 0.465 e. The Balaban J connectivity index is 2.15. The fourth-order valence-corrected chi connectivity index (χ4v) is 2.43. The number of hydrogen-bond donors (Lipinski definition) is 0.